The largest absolute Gasteiger partial charge is 0.320 e. The van der Waals surface area contributed by atoms with Crippen LogP contribution in [0.1, 0.15) is 47.9 Å². The van der Waals surface area contributed by atoms with Crippen molar-refractivity contribution in [1.82, 2.24) is 0 Å². The van der Waals surface area contributed by atoms with E-state index in [4.69, 9.17) is 0 Å². The molecule has 1 heterocycles. The second kappa shape index (κ2) is 7.11. The van der Waals surface area contributed by atoms with Crippen LogP contribution in [0.4, 0.5) is 8.78 Å². The van der Waals surface area contributed by atoms with E-state index in [0.717, 1.165) is 44.6 Å². The fourth-order valence-electron chi connectivity index (χ4n) is 5.30. The molecule has 3 atom stereocenters. The van der Waals surface area contributed by atoms with Gasteiger partial charge in [-0.05, 0) is 90.8 Å². The topological polar surface area (TPSA) is 0 Å². The summed E-state index contributed by atoms with van der Waals surface area (Å²) >= 11 is 0. The van der Waals surface area contributed by atoms with E-state index in [1.165, 1.54) is 31.4 Å². The van der Waals surface area contributed by atoms with E-state index < -0.39 is 0 Å². The van der Waals surface area contributed by atoms with Crippen molar-refractivity contribution in [3.8, 4) is 0 Å². The zero-order chi connectivity index (χ0) is 20.1. The molecule has 2 aromatic rings. The summed E-state index contributed by atoms with van der Waals surface area (Å²) < 4.78 is 29.3. The Morgan fingerprint density at radius 3 is 2.04 bits per heavy atom. The minimum atomic E-state index is -0.252. The minimum Gasteiger partial charge on any atom is -0.320 e. The molecule has 3 unspecified atom stereocenters. The van der Waals surface area contributed by atoms with Crippen LogP contribution in [0.15, 0.2) is 42.5 Å². The highest BCUT2D eigenvalue weighted by Crippen LogP contribution is 2.44. The van der Waals surface area contributed by atoms with Crippen molar-refractivity contribution in [2.45, 2.75) is 51.6 Å². The first-order valence-corrected chi connectivity index (χ1v) is 10.3. The van der Waals surface area contributed by atoms with Gasteiger partial charge in [0.25, 0.3) is 0 Å². The molecule has 0 spiro atoms. The van der Waals surface area contributed by atoms with E-state index >= 15 is 0 Å². The number of benzene rings is 2. The molecule has 1 nitrogen and oxygen atoms in total. The van der Waals surface area contributed by atoms with Gasteiger partial charge in [-0.1, -0.05) is 12.1 Å². The number of fused-ring (bicyclic) bond motifs is 2. The number of aryl methyl sites for hydroxylation is 2. The number of nitrogens with zero attached hydrogens (tertiary/aromatic N) is 1. The van der Waals surface area contributed by atoms with Crippen molar-refractivity contribution in [2.24, 2.45) is 5.92 Å². The monoisotopic (exact) mass is 382 g/mol. The van der Waals surface area contributed by atoms with Gasteiger partial charge in [0.15, 0.2) is 0 Å². The Labute approximate surface area is 167 Å². The van der Waals surface area contributed by atoms with Crippen LogP contribution in [0.25, 0.3) is 5.57 Å². The van der Waals surface area contributed by atoms with E-state index in [1.807, 2.05) is 26.0 Å². The first-order chi connectivity index (χ1) is 13.3. The van der Waals surface area contributed by atoms with Gasteiger partial charge >= 0.3 is 0 Å². The molecule has 2 aromatic carbocycles. The average molecular weight is 383 g/mol. The summed E-state index contributed by atoms with van der Waals surface area (Å²) in [6.07, 6.45) is 7.37. The Morgan fingerprint density at radius 2 is 1.46 bits per heavy atom. The van der Waals surface area contributed by atoms with Crippen LogP contribution in [0.3, 0.4) is 0 Å². The molecular weight excluding hydrogens is 352 g/mol. The fraction of sp³-hybridized carbons (Fsp3) is 0.440. The van der Waals surface area contributed by atoms with Gasteiger partial charge < -0.3 is 4.48 Å². The van der Waals surface area contributed by atoms with Crippen LogP contribution in [0.2, 0.25) is 0 Å². The Hall–Kier alpha value is -2.00. The summed E-state index contributed by atoms with van der Waals surface area (Å²) in [5.41, 5.74) is 4.73. The number of hydrogen-bond acceptors (Lipinski definition) is 0. The summed E-state index contributed by atoms with van der Waals surface area (Å²) in [4.78, 5) is 0. The molecule has 0 aromatic heterocycles. The molecule has 0 N–H and O–H groups in total. The lowest BCUT2D eigenvalue weighted by atomic mass is 9.85. The Morgan fingerprint density at radius 1 is 0.893 bits per heavy atom. The lowest BCUT2D eigenvalue weighted by Crippen LogP contribution is -2.56. The highest BCUT2D eigenvalue weighted by Gasteiger charge is 2.46. The molecule has 4 rings (SSSR count). The predicted octanol–water partition coefficient (Wildman–Crippen LogP) is 6.03. The van der Waals surface area contributed by atoms with Gasteiger partial charge in [-0.2, -0.15) is 0 Å². The van der Waals surface area contributed by atoms with Crippen LogP contribution in [-0.4, -0.2) is 30.7 Å². The maximum absolute atomic E-state index is 14.2. The molecule has 2 bridgehead atoms. The number of likely N-dealkylation sites (tertiary alicyclic amines) is 1. The van der Waals surface area contributed by atoms with Crippen molar-refractivity contribution < 1.29 is 13.3 Å². The zero-order valence-corrected chi connectivity index (χ0v) is 17.3. The van der Waals surface area contributed by atoms with E-state index in [0.29, 0.717) is 12.1 Å². The quantitative estimate of drug-likeness (QED) is 0.569. The van der Waals surface area contributed by atoms with Gasteiger partial charge in [0, 0.05) is 12.8 Å². The number of hydrogen-bond donors (Lipinski definition) is 0. The van der Waals surface area contributed by atoms with Crippen LogP contribution < -0.4 is 0 Å². The van der Waals surface area contributed by atoms with Gasteiger partial charge in [-0.25, -0.2) is 8.78 Å². The van der Waals surface area contributed by atoms with Gasteiger partial charge in [0.1, 0.15) is 17.7 Å². The summed E-state index contributed by atoms with van der Waals surface area (Å²) in [5, 5.41) is 0. The van der Waals surface area contributed by atoms with E-state index in [1.54, 1.807) is 12.1 Å². The zero-order valence-electron chi connectivity index (χ0n) is 17.3. The second-order valence-corrected chi connectivity index (χ2v) is 9.26. The highest BCUT2D eigenvalue weighted by molar-refractivity contribution is 5.83. The standard InChI is InChI=1S/C25H30F2N/c1-16-5-8-19(26)13-23(16)25(24-14-20(27)9-6-17(24)2)15-22-12-18-7-10-21(11-18)28(22,3)4/h5-6,8-9,13-15,18,21-22H,7,10-12H2,1-4H3/q+1. The molecule has 0 amide bonds. The van der Waals surface area contributed by atoms with Crippen molar-refractivity contribution in [3.63, 3.8) is 0 Å². The van der Waals surface area contributed by atoms with Crippen molar-refractivity contribution in [2.75, 3.05) is 14.1 Å². The Kier molecular flexibility index (Phi) is 4.91. The molecule has 148 valence electrons. The molecule has 1 aliphatic carbocycles. The Balaban J connectivity index is 1.89. The number of piperidine rings is 1. The predicted molar refractivity (Wildman–Crippen MR) is 111 cm³/mol. The third kappa shape index (κ3) is 3.41. The number of quaternary nitrogens is 1. The highest BCUT2D eigenvalue weighted by atomic mass is 19.1. The summed E-state index contributed by atoms with van der Waals surface area (Å²) in [6.45, 7) is 4.00. The average Bonchev–Trinajstić information content (AvgIpc) is 3.08. The van der Waals surface area contributed by atoms with Gasteiger partial charge in [-0.15, -0.1) is 0 Å². The second-order valence-electron chi connectivity index (χ2n) is 9.26. The molecule has 0 radical (unpaired) electrons. The summed E-state index contributed by atoms with van der Waals surface area (Å²) in [7, 11) is 4.64. The summed E-state index contributed by atoms with van der Waals surface area (Å²) in [5.74, 6) is 0.275. The molecule has 2 aliphatic rings. The molecule has 28 heavy (non-hydrogen) atoms. The third-order valence-corrected chi connectivity index (χ3v) is 7.22. The van der Waals surface area contributed by atoms with Crippen molar-refractivity contribution >= 4 is 5.57 Å². The number of likely N-dealkylation sites (N-methyl/N-ethyl adjacent to an activating group) is 1. The molecule has 1 aliphatic heterocycles. The first-order valence-electron chi connectivity index (χ1n) is 10.3. The smallest absolute Gasteiger partial charge is 0.123 e. The first kappa shape index (κ1) is 19.3. The maximum atomic E-state index is 14.2. The lowest BCUT2D eigenvalue weighted by molar-refractivity contribution is -0.936. The molecular formula is C25H30F2N+. The lowest BCUT2D eigenvalue weighted by Gasteiger charge is -2.45. The molecule has 2 fully saturated rings. The van der Waals surface area contributed by atoms with Crippen LogP contribution >= 0.6 is 0 Å². The van der Waals surface area contributed by atoms with E-state index in [2.05, 4.69) is 20.2 Å². The van der Waals surface area contributed by atoms with Gasteiger partial charge in [0.05, 0.1) is 20.1 Å². The van der Waals surface area contributed by atoms with E-state index in [9.17, 15) is 8.78 Å². The normalized spacial score (nSPS) is 25.6. The number of rotatable bonds is 3. The maximum Gasteiger partial charge on any atom is 0.123 e. The molecule has 1 saturated heterocycles. The van der Waals surface area contributed by atoms with Gasteiger partial charge in [-0.3, -0.25) is 0 Å². The van der Waals surface area contributed by atoms with Crippen LogP contribution in [0.5, 0.6) is 0 Å². The van der Waals surface area contributed by atoms with Crippen molar-refractivity contribution in [3.05, 3.63) is 76.4 Å². The van der Waals surface area contributed by atoms with Crippen LogP contribution in [-0.2, 0) is 0 Å². The summed E-state index contributed by atoms with van der Waals surface area (Å²) in [6, 6.07) is 10.9. The SMILES string of the molecule is Cc1ccc(F)cc1C(=CC1CC2CCC(C2)[N+]1(C)C)c1cc(F)ccc1C. The Bertz CT molecular complexity index is 875. The van der Waals surface area contributed by atoms with Crippen LogP contribution in [0, 0.1) is 31.4 Å². The van der Waals surface area contributed by atoms with E-state index in [-0.39, 0.29) is 11.6 Å². The van der Waals surface area contributed by atoms with Gasteiger partial charge in [0.2, 0.25) is 0 Å². The molecule has 1 saturated carbocycles. The number of halogens is 2. The molecule has 3 heteroatoms. The minimum absolute atomic E-state index is 0.252. The van der Waals surface area contributed by atoms with Crippen molar-refractivity contribution in [1.29, 1.82) is 0 Å². The third-order valence-electron chi connectivity index (χ3n) is 7.22. The fourth-order valence-corrected chi connectivity index (χ4v) is 5.30.